The Morgan fingerprint density at radius 3 is 2.30 bits per heavy atom. The Kier molecular flexibility index (Phi) is 7.52. The lowest BCUT2D eigenvalue weighted by atomic mass is 9.79. The summed E-state index contributed by atoms with van der Waals surface area (Å²) in [6.45, 7) is 1.51. The van der Waals surface area contributed by atoms with Gasteiger partial charge in [-0.25, -0.2) is 0 Å². The molecule has 7 heteroatoms. The average Bonchev–Trinajstić information content (AvgIpc) is 2.76. The molecule has 2 aromatic carbocycles. The number of aliphatic hydroxyl groups is 4. The van der Waals surface area contributed by atoms with Crippen molar-refractivity contribution in [2.45, 2.75) is 49.8 Å². The summed E-state index contributed by atoms with van der Waals surface area (Å²) in [6.07, 6.45) is -3.92. The molecule has 0 bridgehead atoms. The van der Waals surface area contributed by atoms with E-state index in [1.54, 1.807) is 12.1 Å². The highest BCUT2D eigenvalue weighted by Gasteiger charge is 2.54. The maximum absolute atomic E-state index is 10.8. The monoisotopic (exact) mass is 436 g/mol. The fourth-order valence-electron chi connectivity index (χ4n) is 3.98. The van der Waals surface area contributed by atoms with E-state index < -0.39 is 36.6 Å². The molecule has 2 aromatic rings. The topological polar surface area (TPSA) is 99.4 Å². The number of ether oxygens (including phenoxy) is 2. The van der Waals surface area contributed by atoms with Crippen molar-refractivity contribution in [2.75, 3.05) is 20.3 Å². The highest BCUT2D eigenvalue weighted by Crippen LogP contribution is 2.40. The van der Waals surface area contributed by atoms with Crippen LogP contribution in [0.4, 0.5) is 0 Å². The predicted molar refractivity (Wildman–Crippen MR) is 114 cm³/mol. The van der Waals surface area contributed by atoms with Crippen LogP contribution in [0.1, 0.15) is 29.2 Å². The van der Waals surface area contributed by atoms with Crippen LogP contribution >= 0.6 is 11.6 Å². The van der Waals surface area contributed by atoms with Gasteiger partial charge in [-0.15, -0.1) is 0 Å². The fourth-order valence-corrected chi connectivity index (χ4v) is 4.16. The summed E-state index contributed by atoms with van der Waals surface area (Å²) in [5.74, 6) is 0. The molecule has 0 radical (unpaired) electrons. The van der Waals surface area contributed by atoms with Gasteiger partial charge in [0, 0.05) is 12.1 Å². The number of hydrogen-bond acceptors (Lipinski definition) is 6. The van der Waals surface area contributed by atoms with Gasteiger partial charge >= 0.3 is 0 Å². The highest BCUT2D eigenvalue weighted by molar-refractivity contribution is 6.31. The fraction of sp³-hybridized carbons (Fsp3) is 0.478. The number of rotatable bonds is 7. The van der Waals surface area contributed by atoms with Gasteiger partial charge in [0.15, 0.2) is 0 Å². The minimum absolute atomic E-state index is 0.0826. The minimum Gasteiger partial charge on any atom is -0.394 e. The molecule has 164 valence electrons. The summed E-state index contributed by atoms with van der Waals surface area (Å²) in [6, 6.07) is 13.5. The summed E-state index contributed by atoms with van der Waals surface area (Å²) in [7, 11) is 1.45. The summed E-state index contributed by atoms with van der Waals surface area (Å²) < 4.78 is 11.2. The van der Waals surface area contributed by atoms with Crippen LogP contribution in [0.2, 0.25) is 5.02 Å². The third-order valence-electron chi connectivity index (χ3n) is 5.79. The molecule has 0 aromatic heterocycles. The Bertz CT molecular complexity index is 840. The van der Waals surface area contributed by atoms with Crippen LogP contribution in [0.5, 0.6) is 0 Å². The molecule has 1 aliphatic heterocycles. The van der Waals surface area contributed by atoms with Gasteiger partial charge < -0.3 is 29.9 Å². The standard InChI is InChI=1S/C23H29ClO6/c1-3-14-4-6-15(7-5-14)10-16-11-17(8-9-18(16)24)23(13-29-2)22(28)21(27)20(26)19(12-25)30-23/h4-9,11,19-22,25-28H,3,10,12-13H2,1-2H3/t19-,20+,21-,22+,23+/m0/s1. The SMILES string of the molecule is CCc1ccc(Cc2cc([C@@]3(COC)O[C@@H](CO)[C@@H](O)[C@H](O)[C@H]3O)ccc2Cl)cc1. The predicted octanol–water partition coefficient (Wildman–Crippen LogP) is 1.81. The Labute approximate surface area is 181 Å². The van der Waals surface area contributed by atoms with Crippen LogP contribution in [0, 0.1) is 0 Å². The van der Waals surface area contributed by atoms with Crippen molar-refractivity contribution >= 4 is 11.6 Å². The molecule has 5 atom stereocenters. The molecule has 0 saturated carbocycles. The lowest BCUT2D eigenvalue weighted by Crippen LogP contribution is -2.65. The number of halogens is 1. The Hall–Kier alpha value is -1.51. The first-order chi connectivity index (χ1) is 14.4. The lowest BCUT2D eigenvalue weighted by Gasteiger charge is -2.48. The van der Waals surface area contributed by atoms with Crippen LogP contribution in [0.25, 0.3) is 0 Å². The molecule has 1 fully saturated rings. The zero-order valence-corrected chi connectivity index (χ0v) is 17.9. The van der Waals surface area contributed by atoms with Crippen molar-refractivity contribution in [3.8, 4) is 0 Å². The zero-order valence-electron chi connectivity index (χ0n) is 17.2. The van der Waals surface area contributed by atoms with Crippen molar-refractivity contribution in [2.24, 2.45) is 0 Å². The zero-order chi connectivity index (χ0) is 21.9. The molecular weight excluding hydrogens is 408 g/mol. The van der Waals surface area contributed by atoms with Crippen LogP contribution in [-0.2, 0) is 27.9 Å². The van der Waals surface area contributed by atoms with Gasteiger partial charge in [0.05, 0.1) is 13.2 Å². The van der Waals surface area contributed by atoms with E-state index >= 15 is 0 Å². The molecule has 0 aliphatic carbocycles. The third-order valence-corrected chi connectivity index (χ3v) is 6.16. The number of hydrogen-bond donors (Lipinski definition) is 4. The molecule has 1 saturated heterocycles. The van der Waals surface area contributed by atoms with E-state index in [9.17, 15) is 20.4 Å². The van der Waals surface area contributed by atoms with Crippen molar-refractivity contribution in [1.82, 2.24) is 0 Å². The highest BCUT2D eigenvalue weighted by atomic mass is 35.5. The first-order valence-corrected chi connectivity index (χ1v) is 10.4. The molecule has 4 N–H and O–H groups in total. The van der Waals surface area contributed by atoms with Gasteiger partial charge in [-0.2, -0.15) is 0 Å². The lowest BCUT2D eigenvalue weighted by molar-refractivity contribution is -0.290. The number of benzene rings is 2. The molecule has 6 nitrogen and oxygen atoms in total. The van der Waals surface area contributed by atoms with Gasteiger partial charge in [-0.1, -0.05) is 54.9 Å². The van der Waals surface area contributed by atoms with Crippen LogP contribution in [0.3, 0.4) is 0 Å². The van der Waals surface area contributed by atoms with Gasteiger partial charge in [0.1, 0.15) is 30.0 Å². The smallest absolute Gasteiger partial charge is 0.145 e. The van der Waals surface area contributed by atoms with Crippen LogP contribution in [-0.4, -0.2) is 65.2 Å². The van der Waals surface area contributed by atoms with E-state index in [0.29, 0.717) is 17.0 Å². The molecule has 1 heterocycles. The largest absolute Gasteiger partial charge is 0.394 e. The molecule has 3 rings (SSSR count). The average molecular weight is 437 g/mol. The number of aryl methyl sites for hydroxylation is 1. The van der Waals surface area contributed by atoms with Crippen molar-refractivity contribution < 1.29 is 29.9 Å². The van der Waals surface area contributed by atoms with E-state index in [1.165, 1.54) is 12.7 Å². The normalized spacial score (nSPS) is 29.2. The Balaban J connectivity index is 1.99. The maximum atomic E-state index is 10.8. The second-order valence-corrected chi connectivity index (χ2v) is 8.15. The second kappa shape index (κ2) is 9.75. The maximum Gasteiger partial charge on any atom is 0.145 e. The summed E-state index contributed by atoms with van der Waals surface area (Å²) in [5.41, 5.74) is 2.24. The Morgan fingerprint density at radius 1 is 1.03 bits per heavy atom. The Morgan fingerprint density at radius 2 is 1.70 bits per heavy atom. The molecule has 1 aliphatic rings. The first kappa shape index (κ1) is 23.2. The minimum atomic E-state index is -1.51. The first-order valence-electron chi connectivity index (χ1n) is 10.0. The van der Waals surface area contributed by atoms with E-state index in [4.69, 9.17) is 21.1 Å². The summed E-state index contributed by atoms with van der Waals surface area (Å²) in [5, 5.41) is 41.6. The number of methoxy groups -OCH3 is 1. The van der Waals surface area contributed by atoms with E-state index in [-0.39, 0.29) is 6.61 Å². The number of aliphatic hydroxyl groups excluding tert-OH is 4. The molecule has 0 spiro atoms. The van der Waals surface area contributed by atoms with E-state index in [2.05, 4.69) is 31.2 Å². The van der Waals surface area contributed by atoms with Crippen LogP contribution < -0.4 is 0 Å². The molecule has 0 unspecified atom stereocenters. The van der Waals surface area contributed by atoms with E-state index in [0.717, 1.165) is 17.5 Å². The van der Waals surface area contributed by atoms with Crippen LogP contribution in [0.15, 0.2) is 42.5 Å². The molecular formula is C23H29ClO6. The van der Waals surface area contributed by atoms with Gasteiger partial charge in [-0.05, 0) is 41.2 Å². The van der Waals surface area contributed by atoms with Crippen molar-refractivity contribution in [1.29, 1.82) is 0 Å². The van der Waals surface area contributed by atoms with Gasteiger partial charge in [0.25, 0.3) is 0 Å². The van der Waals surface area contributed by atoms with Gasteiger partial charge in [-0.3, -0.25) is 0 Å². The summed E-state index contributed by atoms with van der Waals surface area (Å²) >= 11 is 6.45. The third kappa shape index (κ3) is 4.41. The molecule has 0 amide bonds. The second-order valence-electron chi connectivity index (χ2n) is 7.74. The quantitative estimate of drug-likeness (QED) is 0.528. The van der Waals surface area contributed by atoms with E-state index in [1.807, 2.05) is 6.07 Å². The summed E-state index contributed by atoms with van der Waals surface area (Å²) in [4.78, 5) is 0. The molecule has 30 heavy (non-hydrogen) atoms. The van der Waals surface area contributed by atoms with Crippen molar-refractivity contribution in [3.63, 3.8) is 0 Å². The van der Waals surface area contributed by atoms with Crippen molar-refractivity contribution in [3.05, 3.63) is 69.7 Å². The van der Waals surface area contributed by atoms with Gasteiger partial charge in [0.2, 0.25) is 0 Å².